The van der Waals surface area contributed by atoms with Crippen LogP contribution in [0, 0.1) is 0 Å². The zero-order valence-electron chi connectivity index (χ0n) is 12.2. The van der Waals surface area contributed by atoms with Gasteiger partial charge >= 0.3 is 6.09 Å². The molecular weight excluding hydrogens is 260 g/mol. The average molecular weight is 282 g/mol. The Hall–Kier alpha value is -1.70. The smallest absolute Gasteiger partial charge is 0.410 e. The van der Waals surface area contributed by atoms with Crippen molar-refractivity contribution >= 4 is 6.09 Å². The van der Waals surface area contributed by atoms with E-state index in [1.165, 1.54) is 0 Å². The van der Waals surface area contributed by atoms with Crippen LogP contribution in [0.4, 0.5) is 4.79 Å². The molecule has 1 saturated heterocycles. The third kappa shape index (κ3) is 4.44. The van der Waals surface area contributed by atoms with Gasteiger partial charge in [-0.3, -0.25) is 0 Å². The van der Waals surface area contributed by atoms with Crippen LogP contribution in [0.15, 0.2) is 0 Å². The minimum Gasteiger partial charge on any atom is -0.444 e. The first-order chi connectivity index (χ1) is 9.44. The number of aromatic nitrogens is 4. The van der Waals surface area contributed by atoms with Crippen LogP contribution in [0.25, 0.3) is 0 Å². The SMILES string of the molecule is CC(C)(C)OC(=O)N1CCCC(NCc2nn[nH]n2)C1. The van der Waals surface area contributed by atoms with Crippen LogP contribution in [0.2, 0.25) is 0 Å². The van der Waals surface area contributed by atoms with Crippen molar-refractivity contribution in [2.75, 3.05) is 13.1 Å². The summed E-state index contributed by atoms with van der Waals surface area (Å²) in [7, 11) is 0. The van der Waals surface area contributed by atoms with Gasteiger partial charge in [0.25, 0.3) is 0 Å². The molecule has 1 aromatic heterocycles. The number of hydrogen-bond acceptors (Lipinski definition) is 6. The van der Waals surface area contributed by atoms with E-state index in [4.69, 9.17) is 4.74 Å². The zero-order valence-corrected chi connectivity index (χ0v) is 12.2. The molecule has 0 bridgehead atoms. The maximum Gasteiger partial charge on any atom is 0.410 e. The number of nitrogens with one attached hydrogen (secondary N) is 2. The van der Waals surface area contributed by atoms with Gasteiger partial charge in [0.2, 0.25) is 0 Å². The molecule has 0 radical (unpaired) electrons. The van der Waals surface area contributed by atoms with E-state index in [9.17, 15) is 4.79 Å². The first-order valence-electron chi connectivity index (χ1n) is 6.88. The Morgan fingerprint density at radius 3 is 3.00 bits per heavy atom. The number of piperidine rings is 1. The molecule has 8 heteroatoms. The van der Waals surface area contributed by atoms with Gasteiger partial charge in [0.1, 0.15) is 5.60 Å². The monoisotopic (exact) mass is 282 g/mol. The second kappa shape index (κ2) is 6.17. The van der Waals surface area contributed by atoms with E-state index in [-0.39, 0.29) is 12.1 Å². The molecule has 1 unspecified atom stereocenters. The highest BCUT2D eigenvalue weighted by Gasteiger charge is 2.27. The lowest BCUT2D eigenvalue weighted by Crippen LogP contribution is -2.49. The first-order valence-corrected chi connectivity index (χ1v) is 6.88. The molecule has 1 fully saturated rings. The summed E-state index contributed by atoms with van der Waals surface area (Å²) in [6.07, 6.45) is 1.74. The number of rotatable bonds is 3. The molecule has 2 rings (SSSR count). The molecule has 1 aliphatic rings. The molecule has 2 heterocycles. The molecule has 1 amide bonds. The Bertz CT molecular complexity index is 428. The molecular formula is C12H22N6O2. The molecule has 1 atom stereocenters. The number of likely N-dealkylation sites (tertiary alicyclic amines) is 1. The fourth-order valence-corrected chi connectivity index (χ4v) is 2.13. The standard InChI is InChI=1S/C12H22N6O2/c1-12(2,3)20-11(19)18-6-4-5-9(8-18)13-7-10-14-16-17-15-10/h9,13H,4-8H2,1-3H3,(H,14,15,16,17). The van der Waals surface area contributed by atoms with Gasteiger partial charge in [0.05, 0.1) is 6.54 Å². The topological polar surface area (TPSA) is 96.0 Å². The summed E-state index contributed by atoms with van der Waals surface area (Å²) in [5.74, 6) is 0.624. The van der Waals surface area contributed by atoms with Gasteiger partial charge in [0.15, 0.2) is 5.82 Å². The van der Waals surface area contributed by atoms with E-state index in [2.05, 4.69) is 25.9 Å². The van der Waals surface area contributed by atoms with Crippen LogP contribution in [0.1, 0.15) is 39.4 Å². The van der Waals surface area contributed by atoms with Crippen molar-refractivity contribution < 1.29 is 9.53 Å². The van der Waals surface area contributed by atoms with E-state index in [0.29, 0.717) is 18.9 Å². The molecule has 20 heavy (non-hydrogen) atoms. The number of ether oxygens (including phenoxy) is 1. The van der Waals surface area contributed by atoms with Crippen molar-refractivity contribution in [2.45, 2.75) is 51.8 Å². The van der Waals surface area contributed by atoms with E-state index >= 15 is 0 Å². The maximum atomic E-state index is 12.0. The molecule has 0 spiro atoms. The largest absolute Gasteiger partial charge is 0.444 e. The zero-order chi connectivity index (χ0) is 14.6. The fourth-order valence-electron chi connectivity index (χ4n) is 2.13. The third-order valence-electron chi connectivity index (χ3n) is 3.01. The van der Waals surface area contributed by atoms with Crippen molar-refractivity contribution in [3.05, 3.63) is 5.82 Å². The Labute approximate surface area is 118 Å². The molecule has 0 saturated carbocycles. The summed E-state index contributed by atoms with van der Waals surface area (Å²) in [5, 5.41) is 17.0. The van der Waals surface area contributed by atoms with Crippen LogP contribution in [0.5, 0.6) is 0 Å². The van der Waals surface area contributed by atoms with Crippen molar-refractivity contribution in [1.82, 2.24) is 30.8 Å². The molecule has 112 valence electrons. The third-order valence-corrected chi connectivity index (χ3v) is 3.01. The maximum absolute atomic E-state index is 12.0. The number of amides is 1. The summed E-state index contributed by atoms with van der Waals surface area (Å²) in [5.41, 5.74) is -0.456. The van der Waals surface area contributed by atoms with Crippen LogP contribution in [-0.2, 0) is 11.3 Å². The van der Waals surface area contributed by atoms with Gasteiger partial charge in [-0.25, -0.2) is 4.79 Å². The predicted octanol–water partition coefficient (Wildman–Crippen LogP) is 0.689. The van der Waals surface area contributed by atoms with Crippen LogP contribution >= 0.6 is 0 Å². The van der Waals surface area contributed by atoms with Gasteiger partial charge in [-0.1, -0.05) is 5.21 Å². The van der Waals surface area contributed by atoms with Crippen molar-refractivity contribution in [3.63, 3.8) is 0 Å². The Morgan fingerprint density at radius 2 is 2.35 bits per heavy atom. The van der Waals surface area contributed by atoms with Crippen LogP contribution in [0.3, 0.4) is 0 Å². The van der Waals surface area contributed by atoms with E-state index in [0.717, 1.165) is 19.4 Å². The normalized spacial score (nSPS) is 19.9. The Balaban J connectivity index is 1.80. The van der Waals surface area contributed by atoms with Gasteiger partial charge < -0.3 is 15.0 Å². The van der Waals surface area contributed by atoms with E-state index in [1.54, 1.807) is 4.90 Å². The minimum atomic E-state index is -0.456. The average Bonchev–Trinajstić information content (AvgIpc) is 2.88. The summed E-state index contributed by atoms with van der Waals surface area (Å²) in [4.78, 5) is 13.8. The number of hydrogen-bond donors (Lipinski definition) is 2. The lowest BCUT2D eigenvalue weighted by Gasteiger charge is -2.34. The van der Waals surface area contributed by atoms with Gasteiger partial charge in [0, 0.05) is 19.1 Å². The second-order valence-corrected chi connectivity index (χ2v) is 5.97. The van der Waals surface area contributed by atoms with Gasteiger partial charge in [-0.05, 0) is 33.6 Å². The predicted molar refractivity (Wildman–Crippen MR) is 71.8 cm³/mol. The minimum absolute atomic E-state index is 0.231. The molecule has 8 nitrogen and oxygen atoms in total. The number of carbonyl (C=O) groups excluding carboxylic acids is 1. The number of nitrogens with zero attached hydrogens (tertiary/aromatic N) is 4. The van der Waals surface area contributed by atoms with Crippen LogP contribution < -0.4 is 5.32 Å². The highest BCUT2D eigenvalue weighted by Crippen LogP contribution is 2.15. The highest BCUT2D eigenvalue weighted by molar-refractivity contribution is 5.68. The van der Waals surface area contributed by atoms with E-state index < -0.39 is 5.60 Å². The molecule has 0 aromatic carbocycles. The first kappa shape index (κ1) is 14.7. The molecule has 1 aromatic rings. The summed E-state index contributed by atoms with van der Waals surface area (Å²) < 4.78 is 5.40. The Morgan fingerprint density at radius 1 is 1.55 bits per heavy atom. The molecule has 1 aliphatic heterocycles. The van der Waals surface area contributed by atoms with E-state index in [1.807, 2.05) is 20.8 Å². The number of aromatic amines is 1. The quantitative estimate of drug-likeness (QED) is 0.846. The van der Waals surface area contributed by atoms with Crippen molar-refractivity contribution in [3.8, 4) is 0 Å². The summed E-state index contributed by atoms with van der Waals surface area (Å²) in [6, 6.07) is 0.231. The van der Waals surface area contributed by atoms with Gasteiger partial charge in [-0.2, -0.15) is 5.21 Å². The van der Waals surface area contributed by atoms with Crippen LogP contribution in [-0.4, -0.2) is 56.3 Å². The van der Waals surface area contributed by atoms with Gasteiger partial charge in [-0.15, -0.1) is 10.2 Å². The van der Waals surface area contributed by atoms with Crippen molar-refractivity contribution in [1.29, 1.82) is 0 Å². The number of tetrazole rings is 1. The lowest BCUT2D eigenvalue weighted by atomic mass is 10.1. The molecule has 0 aliphatic carbocycles. The van der Waals surface area contributed by atoms with Crippen molar-refractivity contribution in [2.24, 2.45) is 0 Å². The summed E-state index contributed by atoms with van der Waals surface area (Å²) >= 11 is 0. The second-order valence-electron chi connectivity index (χ2n) is 5.97. The fraction of sp³-hybridized carbons (Fsp3) is 0.833. The molecule has 2 N–H and O–H groups in total. The lowest BCUT2D eigenvalue weighted by molar-refractivity contribution is 0.0187. The summed E-state index contributed by atoms with van der Waals surface area (Å²) in [6.45, 7) is 7.56. The highest BCUT2D eigenvalue weighted by atomic mass is 16.6. The number of H-pyrrole nitrogens is 1. The Kier molecular flexibility index (Phi) is 4.53. The number of carbonyl (C=O) groups is 1.